The topological polar surface area (TPSA) is 30.3 Å². The zero-order chi connectivity index (χ0) is 27.3. The van der Waals surface area contributed by atoms with Crippen molar-refractivity contribution in [3.8, 4) is 17.2 Å². The Kier molecular flexibility index (Phi) is 9.26. The predicted octanol–water partition coefficient (Wildman–Crippen LogP) is 7.85. The maximum Gasteiger partial charge on any atom is 0.131 e. The van der Waals surface area contributed by atoms with Crippen molar-refractivity contribution in [3.05, 3.63) is 65.5 Å². The van der Waals surface area contributed by atoms with E-state index in [9.17, 15) is 9.65 Å². The van der Waals surface area contributed by atoms with Gasteiger partial charge in [0.1, 0.15) is 11.5 Å². The summed E-state index contributed by atoms with van der Waals surface area (Å²) in [7, 11) is 0. The summed E-state index contributed by atoms with van der Waals surface area (Å²) in [5, 5.41) is 9.84. The van der Waals surface area contributed by atoms with Crippen molar-refractivity contribution >= 4 is 5.70 Å². The molecule has 0 bridgehead atoms. The molecule has 0 aromatic heterocycles. The van der Waals surface area contributed by atoms with Gasteiger partial charge in [-0.1, -0.05) is 51.6 Å². The van der Waals surface area contributed by atoms with Crippen LogP contribution in [-0.4, -0.2) is 48.2 Å². The van der Waals surface area contributed by atoms with Crippen molar-refractivity contribution < 1.29 is 8.78 Å². The molecule has 0 amide bonds. The van der Waals surface area contributed by atoms with Crippen LogP contribution in [0.25, 0.3) is 16.8 Å². The van der Waals surface area contributed by atoms with E-state index in [2.05, 4.69) is 29.4 Å². The van der Waals surface area contributed by atoms with Gasteiger partial charge in [0.2, 0.25) is 0 Å². The van der Waals surface area contributed by atoms with Crippen molar-refractivity contribution in [2.75, 3.05) is 32.7 Å². The Morgan fingerprint density at radius 2 is 1.82 bits per heavy atom. The molecule has 0 N–H and O–H groups in total. The molecule has 0 saturated carbocycles. The SMILES string of the molecule is C=C(c1ccc(-c2ccc(CCC3CCN(CC(F)(CC)CC)CC3)c(C#N)c2)c(F)c1)N1CCC(C)C1. The number of hydrogen-bond acceptors (Lipinski definition) is 3. The van der Waals surface area contributed by atoms with Gasteiger partial charge in [0, 0.05) is 36.5 Å². The van der Waals surface area contributed by atoms with Gasteiger partial charge in [-0.2, -0.15) is 5.26 Å². The lowest BCUT2D eigenvalue weighted by molar-refractivity contribution is 0.0628. The number of nitrogens with zero attached hydrogens (tertiary/aromatic N) is 3. The number of nitriles is 1. The van der Waals surface area contributed by atoms with E-state index in [-0.39, 0.29) is 5.82 Å². The number of piperidine rings is 1. The molecule has 2 aliphatic heterocycles. The second-order valence-corrected chi connectivity index (χ2v) is 11.6. The Morgan fingerprint density at radius 3 is 2.42 bits per heavy atom. The van der Waals surface area contributed by atoms with E-state index in [0.717, 1.165) is 80.7 Å². The summed E-state index contributed by atoms with van der Waals surface area (Å²) in [6.45, 7) is 14.7. The van der Waals surface area contributed by atoms with Crippen LogP contribution in [-0.2, 0) is 6.42 Å². The van der Waals surface area contributed by atoms with Crippen molar-refractivity contribution in [1.29, 1.82) is 5.26 Å². The molecular formula is C33H43F2N3. The molecule has 0 radical (unpaired) electrons. The fourth-order valence-corrected chi connectivity index (χ4v) is 6.02. The van der Waals surface area contributed by atoms with E-state index in [1.807, 2.05) is 44.2 Å². The third-order valence-corrected chi connectivity index (χ3v) is 8.95. The van der Waals surface area contributed by atoms with Gasteiger partial charge in [-0.15, -0.1) is 0 Å². The molecule has 2 aromatic rings. The van der Waals surface area contributed by atoms with Gasteiger partial charge in [-0.05, 0) is 93.1 Å². The number of hydrogen-bond donors (Lipinski definition) is 0. The van der Waals surface area contributed by atoms with Crippen LogP contribution in [0, 0.1) is 29.0 Å². The van der Waals surface area contributed by atoms with Gasteiger partial charge >= 0.3 is 0 Å². The highest BCUT2D eigenvalue weighted by molar-refractivity contribution is 5.71. The molecule has 2 heterocycles. The molecule has 3 nitrogen and oxygen atoms in total. The van der Waals surface area contributed by atoms with Crippen molar-refractivity contribution in [1.82, 2.24) is 9.80 Å². The van der Waals surface area contributed by atoms with E-state index >= 15 is 4.39 Å². The number of likely N-dealkylation sites (tertiary alicyclic amines) is 2. The summed E-state index contributed by atoms with van der Waals surface area (Å²) < 4.78 is 30.0. The Hall–Kier alpha value is -2.71. The smallest absolute Gasteiger partial charge is 0.131 e. The van der Waals surface area contributed by atoms with Crippen LogP contribution in [0.5, 0.6) is 0 Å². The number of alkyl halides is 1. The summed E-state index contributed by atoms with van der Waals surface area (Å²) in [6, 6.07) is 13.4. The number of aryl methyl sites for hydroxylation is 1. The van der Waals surface area contributed by atoms with E-state index in [1.165, 1.54) is 0 Å². The molecule has 2 aromatic carbocycles. The van der Waals surface area contributed by atoms with Crippen LogP contribution < -0.4 is 0 Å². The first-order chi connectivity index (χ1) is 18.2. The van der Waals surface area contributed by atoms with Gasteiger partial charge in [0.05, 0.1) is 11.6 Å². The second kappa shape index (κ2) is 12.4. The lowest BCUT2D eigenvalue weighted by Crippen LogP contribution is -2.43. The van der Waals surface area contributed by atoms with Crippen LogP contribution in [0.15, 0.2) is 43.0 Å². The summed E-state index contributed by atoms with van der Waals surface area (Å²) in [5.74, 6) is 0.934. The summed E-state index contributed by atoms with van der Waals surface area (Å²) >= 11 is 0. The van der Waals surface area contributed by atoms with Crippen LogP contribution in [0.1, 0.15) is 76.0 Å². The van der Waals surface area contributed by atoms with Crippen LogP contribution >= 0.6 is 0 Å². The molecule has 1 atom stereocenters. The Morgan fingerprint density at radius 1 is 1.08 bits per heavy atom. The summed E-state index contributed by atoms with van der Waals surface area (Å²) in [6.07, 6.45) is 6.27. The second-order valence-electron chi connectivity index (χ2n) is 11.6. The molecule has 204 valence electrons. The highest BCUT2D eigenvalue weighted by Crippen LogP contribution is 2.32. The third-order valence-electron chi connectivity index (χ3n) is 8.95. The molecule has 1 unspecified atom stereocenters. The Balaban J connectivity index is 1.36. The summed E-state index contributed by atoms with van der Waals surface area (Å²) in [5.41, 5.74) is 3.48. The first-order valence-electron chi connectivity index (χ1n) is 14.4. The maximum absolute atomic E-state index is 15.2. The lowest BCUT2D eigenvalue weighted by Gasteiger charge is -2.36. The minimum Gasteiger partial charge on any atom is -0.371 e. The van der Waals surface area contributed by atoms with E-state index in [4.69, 9.17) is 0 Å². The Bertz CT molecular complexity index is 1160. The molecule has 5 heteroatoms. The molecule has 4 rings (SSSR count). The van der Waals surface area contributed by atoms with Gasteiger partial charge in [-0.3, -0.25) is 0 Å². The predicted molar refractivity (Wildman–Crippen MR) is 153 cm³/mol. The summed E-state index contributed by atoms with van der Waals surface area (Å²) in [4.78, 5) is 4.51. The standard InChI is InChI=1S/C33H43F2N3/c1-5-33(35,6-2)23-37-16-14-26(15-17-37)7-8-27-9-10-29(19-30(27)21-36)31-12-11-28(20-32(31)34)25(4)38-18-13-24(3)22-38/h9-12,19-20,24,26H,4-8,13-18,22-23H2,1-3H3. The van der Waals surface area contributed by atoms with E-state index < -0.39 is 5.67 Å². The van der Waals surface area contributed by atoms with Crippen molar-refractivity contribution in [2.45, 2.75) is 71.4 Å². The first kappa shape index (κ1) is 28.3. The quantitative estimate of drug-likeness (QED) is 0.320. The zero-order valence-corrected chi connectivity index (χ0v) is 23.4. The van der Waals surface area contributed by atoms with Gasteiger partial charge in [0.15, 0.2) is 0 Å². The van der Waals surface area contributed by atoms with Crippen molar-refractivity contribution in [2.24, 2.45) is 11.8 Å². The van der Waals surface area contributed by atoms with Crippen LogP contribution in [0.4, 0.5) is 8.78 Å². The van der Waals surface area contributed by atoms with E-state index in [0.29, 0.717) is 42.3 Å². The fraction of sp³-hybridized carbons (Fsp3) is 0.545. The number of halogens is 2. The average Bonchev–Trinajstić information content (AvgIpc) is 3.38. The van der Waals surface area contributed by atoms with Gasteiger partial charge in [-0.25, -0.2) is 8.78 Å². The highest BCUT2D eigenvalue weighted by atomic mass is 19.1. The van der Waals surface area contributed by atoms with Gasteiger partial charge in [0.25, 0.3) is 0 Å². The fourth-order valence-electron chi connectivity index (χ4n) is 6.02. The average molecular weight is 520 g/mol. The molecule has 0 spiro atoms. The minimum atomic E-state index is -1.07. The lowest BCUT2D eigenvalue weighted by atomic mass is 9.88. The monoisotopic (exact) mass is 519 g/mol. The van der Waals surface area contributed by atoms with Crippen LogP contribution in [0.3, 0.4) is 0 Å². The maximum atomic E-state index is 15.2. The van der Waals surface area contributed by atoms with Crippen LogP contribution in [0.2, 0.25) is 0 Å². The van der Waals surface area contributed by atoms with Crippen molar-refractivity contribution in [3.63, 3.8) is 0 Å². The number of rotatable bonds is 10. The molecular weight excluding hydrogens is 476 g/mol. The third kappa shape index (κ3) is 6.64. The molecule has 2 aliphatic rings. The molecule has 38 heavy (non-hydrogen) atoms. The Labute approximate surface area is 228 Å². The number of benzene rings is 2. The first-order valence-corrected chi connectivity index (χ1v) is 14.4. The largest absolute Gasteiger partial charge is 0.371 e. The molecule has 2 fully saturated rings. The van der Waals surface area contributed by atoms with Gasteiger partial charge < -0.3 is 9.80 Å². The van der Waals surface area contributed by atoms with E-state index in [1.54, 1.807) is 6.07 Å². The molecule has 2 saturated heterocycles. The highest BCUT2D eigenvalue weighted by Gasteiger charge is 2.30. The molecule has 0 aliphatic carbocycles. The minimum absolute atomic E-state index is 0.289. The normalized spacial score (nSPS) is 19.1. The zero-order valence-electron chi connectivity index (χ0n) is 23.4.